The molecule has 0 saturated carbocycles. The van der Waals surface area contributed by atoms with Crippen molar-refractivity contribution >= 4 is 91.3 Å². The van der Waals surface area contributed by atoms with Crippen LogP contribution in [0.1, 0.15) is 20.7 Å². The molecule has 9 N–H and O–H groups in total. The summed E-state index contributed by atoms with van der Waals surface area (Å²) in [6.45, 7) is -2.53. The van der Waals surface area contributed by atoms with E-state index in [4.69, 9.17) is 10.8 Å². The maximum Gasteiger partial charge on any atom is 0.319 e. The van der Waals surface area contributed by atoms with E-state index in [9.17, 15) is 34.8 Å². The Labute approximate surface area is 224 Å². The number of halogens is 3. The smallest absolute Gasteiger partial charge is 0.319 e. The number of aliphatic hydroxyl groups is 5. The summed E-state index contributed by atoms with van der Waals surface area (Å²) in [7, 11) is 0. The number of aliphatic hydroxyl groups excluding tert-OH is 5. The fraction of sp³-hybridized carbons (Fsp3) is 0.471. The van der Waals surface area contributed by atoms with Crippen LogP contribution in [0, 0.1) is 10.7 Å². The predicted octanol–water partition coefficient (Wildman–Crippen LogP) is -1.46. The summed E-state index contributed by atoms with van der Waals surface area (Å²) in [5.74, 6) is -1.36. The fourth-order valence-electron chi connectivity index (χ4n) is 2.51. The molecule has 1 unspecified atom stereocenters. The summed E-state index contributed by atoms with van der Waals surface area (Å²) in [4.78, 5) is 38.9. The lowest BCUT2D eigenvalue weighted by molar-refractivity contribution is 0.0877. The molecule has 1 aromatic rings. The monoisotopic (exact) mass is 792 g/mol. The van der Waals surface area contributed by atoms with Crippen LogP contribution in [0.25, 0.3) is 0 Å². The zero-order chi connectivity index (χ0) is 24.6. The molecule has 0 heterocycles. The van der Waals surface area contributed by atoms with Gasteiger partial charge in [-0.25, -0.2) is 4.79 Å². The standard InChI is InChI=1S/C17H23I3N4O8/c18-11-9(15(30)22-1-2-25)12(19)14(24(17(21)32)3-8(29)6-28)13(20)10(11)16(31)23-7(4-26)5-27/h7-8,25-29H,1-6H2,(H2,21,32)(H,22,30)(H,23,31). The Morgan fingerprint density at radius 3 is 1.88 bits per heavy atom. The van der Waals surface area contributed by atoms with Gasteiger partial charge in [-0.2, -0.15) is 0 Å². The van der Waals surface area contributed by atoms with Crippen molar-refractivity contribution < 1.29 is 39.9 Å². The first kappa shape index (κ1) is 29.5. The van der Waals surface area contributed by atoms with Gasteiger partial charge in [0.15, 0.2) is 0 Å². The number of nitrogens with two attached hydrogens (primary N) is 1. The molecular formula is C17H23I3N4O8. The predicted molar refractivity (Wildman–Crippen MR) is 139 cm³/mol. The van der Waals surface area contributed by atoms with Crippen LogP contribution < -0.4 is 21.3 Å². The minimum Gasteiger partial charge on any atom is -0.395 e. The highest BCUT2D eigenvalue weighted by Crippen LogP contribution is 2.38. The Morgan fingerprint density at radius 1 is 0.906 bits per heavy atom. The first-order valence-electron chi connectivity index (χ1n) is 9.03. The molecule has 1 aromatic carbocycles. The second-order valence-corrected chi connectivity index (χ2v) is 9.58. The normalized spacial score (nSPS) is 11.9. The van der Waals surface area contributed by atoms with Crippen molar-refractivity contribution in [2.24, 2.45) is 5.73 Å². The van der Waals surface area contributed by atoms with Crippen molar-refractivity contribution in [3.05, 3.63) is 21.8 Å². The molecule has 0 saturated heterocycles. The van der Waals surface area contributed by atoms with Crippen LogP contribution in [0.5, 0.6) is 0 Å². The number of nitrogens with one attached hydrogen (secondary N) is 2. The van der Waals surface area contributed by atoms with E-state index in [1.54, 1.807) is 45.2 Å². The van der Waals surface area contributed by atoms with Crippen molar-refractivity contribution in [2.45, 2.75) is 12.1 Å². The summed E-state index contributed by atoms with van der Waals surface area (Å²) in [6.07, 6.45) is -1.34. The quantitative estimate of drug-likeness (QED) is 0.124. The van der Waals surface area contributed by atoms with Crippen LogP contribution in [-0.4, -0.2) is 95.0 Å². The molecule has 0 spiro atoms. The molecule has 0 aromatic heterocycles. The molecule has 0 bridgehead atoms. The van der Waals surface area contributed by atoms with E-state index in [1.807, 2.05) is 22.6 Å². The van der Waals surface area contributed by atoms with Gasteiger partial charge in [0.2, 0.25) is 0 Å². The van der Waals surface area contributed by atoms with Crippen molar-refractivity contribution in [1.82, 2.24) is 10.6 Å². The number of hydrogen-bond donors (Lipinski definition) is 8. The molecule has 0 fully saturated rings. The van der Waals surface area contributed by atoms with E-state index in [2.05, 4.69) is 10.6 Å². The van der Waals surface area contributed by atoms with Crippen molar-refractivity contribution in [3.63, 3.8) is 0 Å². The summed E-state index contributed by atoms with van der Waals surface area (Å²) >= 11 is 5.40. The summed E-state index contributed by atoms with van der Waals surface area (Å²) < 4.78 is 0.675. The number of urea groups is 1. The molecule has 32 heavy (non-hydrogen) atoms. The average molecular weight is 792 g/mol. The molecule has 4 amide bonds. The first-order valence-corrected chi connectivity index (χ1v) is 12.3. The molecule has 180 valence electrons. The van der Waals surface area contributed by atoms with Crippen LogP contribution in [0.3, 0.4) is 0 Å². The van der Waals surface area contributed by atoms with Gasteiger partial charge in [0.05, 0.1) is 69.1 Å². The third-order valence-corrected chi connectivity index (χ3v) is 7.24. The van der Waals surface area contributed by atoms with Crippen LogP contribution in [0.15, 0.2) is 0 Å². The van der Waals surface area contributed by atoms with Gasteiger partial charge in [0.25, 0.3) is 11.8 Å². The van der Waals surface area contributed by atoms with Gasteiger partial charge in [0.1, 0.15) is 0 Å². The van der Waals surface area contributed by atoms with Gasteiger partial charge in [-0.1, -0.05) is 0 Å². The highest BCUT2D eigenvalue weighted by atomic mass is 127. The van der Waals surface area contributed by atoms with Crippen LogP contribution >= 0.6 is 67.8 Å². The summed E-state index contributed by atoms with van der Waals surface area (Å²) in [5.41, 5.74) is 5.56. The van der Waals surface area contributed by atoms with Crippen LogP contribution in [0.2, 0.25) is 0 Å². The van der Waals surface area contributed by atoms with E-state index in [1.165, 1.54) is 0 Å². The number of anilines is 1. The maximum atomic E-state index is 13.0. The van der Waals surface area contributed by atoms with E-state index >= 15 is 0 Å². The number of nitrogens with zero attached hydrogens (tertiary/aromatic N) is 1. The number of hydrogen-bond acceptors (Lipinski definition) is 8. The fourth-order valence-corrected chi connectivity index (χ4v) is 7.24. The highest BCUT2D eigenvalue weighted by molar-refractivity contribution is 14.1. The number of rotatable bonds is 11. The summed E-state index contributed by atoms with van der Waals surface area (Å²) in [6, 6.07) is -1.96. The second-order valence-electron chi connectivity index (χ2n) is 6.34. The van der Waals surface area contributed by atoms with Crippen LogP contribution in [-0.2, 0) is 0 Å². The van der Waals surface area contributed by atoms with Crippen molar-refractivity contribution in [3.8, 4) is 0 Å². The van der Waals surface area contributed by atoms with E-state index in [-0.39, 0.29) is 40.7 Å². The molecule has 0 radical (unpaired) electrons. The zero-order valence-corrected chi connectivity index (χ0v) is 23.0. The van der Waals surface area contributed by atoms with Gasteiger partial charge < -0.3 is 41.9 Å². The summed E-state index contributed by atoms with van der Waals surface area (Å²) in [5, 5.41) is 51.6. The van der Waals surface area contributed by atoms with Gasteiger partial charge in [-0.3, -0.25) is 14.5 Å². The second kappa shape index (κ2) is 14.0. The van der Waals surface area contributed by atoms with Crippen LogP contribution in [0.4, 0.5) is 10.5 Å². The van der Waals surface area contributed by atoms with Gasteiger partial charge in [-0.05, 0) is 67.8 Å². The average Bonchev–Trinajstić information content (AvgIpc) is 2.74. The third-order valence-electron chi connectivity index (χ3n) is 4.06. The topological polar surface area (TPSA) is 206 Å². The molecule has 0 aliphatic heterocycles. The molecule has 0 aliphatic rings. The SMILES string of the molecule is NC(=O)N(CC(O)CO)c1c(I)c(C(=O)NCCO)c(I)c(C(=O)NC(CO)CO)c1I. The zero-order valence-electron chi connectivity index (χ0n) is 16.5. The Kier molecular flexibility index (Phi) is 12.9. The van der Waals surface area contributed by atoms with Gasteiger partial charge in [-0.15, -0.1) is 0 Å². The largest absolute Gasteiger partial charge is 0.395 e. The van der Waals surface area contributed by atoms with Gasteiger partial charge in [0, 0.05) is 10.1 Å². The number of benzene rings is 1. The van der Waals surface area contributed by atoms with E-state index in [0.29, 0.717) is 0 Å². The molecule has 1 atom stereocenters. The molecule has 0 aliphatic carbocycles. The Hall–Kier alpha value is -0.580. The van der Waals surface area contributed by atoms with Crippen molar-refractivity contribution in [2.75, 3.05) is 44.4 Å². The first-order chi connectivity index (χ1) is 15.0. The number of amides is 4. The number of carbonyl (C=O) groups is 3. The molecular weight excluding hydrogens is 769 g/mol. The molecule has 12 nitrogen and oxygen atoms in total. The lowest BCUT2D eigenvalue weighted by atomic mass is 10.1. The minimum atomic E-state index is -1.34. The van der Waals surface area contributed by atoms with E-state index < -0.39 is 56.4 Å². The lowest BCUT2D eigenvalue weighted by Gasteiger charge is -2.28. The number of primary amides is 1. The number of carbonyl (C=O) groups excluding carboxylic acids is 3. The molecule has 15 heteroatoms. The van der Waals surface area contributed by atoms with Gasteiger partial charge >= 0.3 is 6.03 Å². The van der Waals surface area contributed by atoms with Crippen molar-refractivity contribution in [1.29, 1.82) is 0 Å². The highest BCUT2D eigenvalue weighted by Gasteiger charge is 2.32. The Balaban J connectivity index is 3.82. The third kappa shape index (κ3) is 7.21. The lowest BCUT2D eigenvalue weighted by Crippen LogP contribution is -2.44. The Morgan fingerprint density at radius 2 is 1.44 bits per heavy atom. The minimum absolute atomic E-state index is 0.0209. The maximum absolute atomic E-state index is 13.0. The van der Waals surface area contributed by atoms with E-state index in [0.717, 1.165) is 4.90 Å². The Bertz CT molecular complexity index is 854. The molecule has 1 rings (SSSR count).